The Morgan fingerprint density at radius 2 is 1.74 bits per heavy atom. The smallest absolute Gasteiger partial charge is 0.137 e. The second kappa shape index (κ2) is 9.37. The van der Waals surface area contributed by atoms with Crippen LogP contribution < -0.4 is 11.1 Å². The number of rotatable bonds is 8. The van der Waals surface area contributed by atoms with Crippen molar-refractivity contribution in [1.82, 2.24) is 5.32 Å². The van der Waals surface area contributed by atoms with Crippen LogP contribution in [0.4, 0.5) is 0 Å². The lowest BCUT2D eigenvalue weighted by Gasteiger charge is -2.40. The third-order valence-corrected chi connectivity index (χ3v) is 5.15. The average Bonchev–Trinajstić information content (AvgIpc) is 2.42. The molecule has 0 saturated carbocycles. The number of ether oxygens (including phenoxy) is 1. The number of hydrogen-bond donors (Lipinski definition) is 6. The van der Waals surface area contributed by atoms with Crippen molar-refractivity contribution < 1.29 is 25.2 Å². The molecule has 1 aliphatic heterocycles. The monoisotopic (exact) mass is 314 g/mol. The fourth-order valence-corrected chi connectivity index (χ4v) is 3.46. The summed E-state index contributed by atoms with van der Waals surface area (Å²) in [4.78, 5) is 0. The molecule has 0 spiro atoms. The molecule has 1 aliphatic rings. The number of nitrogens with one attached hydrogen (secondary N) is 1. The summed E-state index contributed by atoms with van der Waals surface area (Å²) in [5, 5.41) is 40.9. The molecule has 1 fully saturated rings. The zero-order valence-corrected chi connectivity index (χ0v) is 12.1. The van der Waals surface area contributed by atoms with Crippen molar-refractivity contribution in [2.45, 2.75) is 30.6 Å². The van der Waals surface area contributed by atoms with E-state index >= 15 is 0 Å². The van der Waals surface area contributed by atoms with Crippen molar-refractivity contribution in [2.24, 2.45) is 5.73 Å². The first kappa shape index (κ1) is 17.5. The average molecular weight is 314 g/mol. The Morgan fingerprint density at radius 1 is 1.05 bits per heavy atom. The minimum Gasteiger partial charge on any atom is -0.394 e. The highest BCUT2D eigenvalue weighted by atomic mass is 33.1. The first-order valence-corrected chi connectivity index (χ1v) is 8.59. The molecule has 1 rings (SSSR count). The molecule has 7 N–H and O–H groups in total. The van der Waals surface area contributed by atoms with Gasteiger partial charge < -0.3 is 30.9 Å². The quantitative estimate of drug-likeness (QED) is 0.217. The van der Waals surface area contributed by atoms with Crippen LogP contribution in [0, 0.1) is 0 Å². The largest absolute Gasteiger partial charge is 0.394 e. The number of aliphatic hydroxyl groups excluding tert-OH is 4. The molecule has 0 aromatic carbocycles. The minimum atomic E-state index is -1.33. The maximum Gasteiger partial charge on any atom is 0.137 e. The fraction of sp³-hybridized carbons (Fsp3) is 1.00. The molecule has 0 aliphatic carbocycles. The molecule has 0 radical (unpaired) electrons. The van der Waals surface area contributed by atoms with Crippen LogP contribution in [0.3, 0.4) is 0 Å². The highest BCUT2D eigenvalue weighted by Gasteiger charge is 2.42. The van der Waals surface area contributed by atoms with Crippen LogP contribution in [0.2, 0.25) is 0 Å². The van der Waals surface area contributed by atoms with E-state index in [0.29, 0.717) is 13.1 Å². The molecule has 19 heavy (non-hydrogen) atoms. The lowest BCUT2D eigenvalue weighted by atomic mass is 9.98. The van der Waals surface area contributed by atoms with Gasteiger partial charge in [-0.1, -0.05) is 21.6 Å². The summed E-state index contributed by atoms with van der Waals surface area (Å²) >= 11 is 0. The van der Waals surface area contributed by atoms with E-state index in [1.807, 2.05) is 0 Å². The molecule has 0 bridgehead atoms. The number of hydrogen-bond acceptors (Lipinski definition) is 9. The van der Waals surface area contributed by atoms with Crippen LogP contribution in [0.1, 0.15) is 0 Å². The Morgan fingerprint density at radius 3 is 2.37 bits per heavy atom. The molecule has 9 heteroatoms. The Kier molecular flexibility index (Phi) is 8.62. The van der Waals surface area contributed by atoms with Gasteiger partial charge in [0.25, 0.3) is 0 Å². The third kappa shape index (κ3) is 5.37. The molecular weight excluding hydrogens is 292 g/mol. The van der Waals surface area contributed by atoms with Crippen LogP contribution in [0.5, 0.6) is 0 Å². The molecule has 1 unspecified atom stereocenters. The maximum absolute atomic E-state index is 9.75. The SMILES string of the molecule is NCCSSCCNC1O[C@H](CO)[C@@H](O)[C@H](O)[C@H]1O. The highest BCUT2D eigenvalue weighted by Crippen LogP contribution is 2.21. The molecule has 1 saturated heterocycles. The van der Waals surface area contributed by atoms with Crippen LogP contribution in [-0.2, 0) is 4.74 Å². The van der Waals surface area contributed by atoms with Gasteiger partial charge in [-0.15, -0.1) is 0 Å². The summed E-state index contributed by atoms with van der Waals surface area (Å²) in [7, 11) is 3.32. The van der Waals surface area contributed by atoms with Gasteiger partial charge in [0.15, 0.2) is 0 Å². The zero-order valence-electron chi connectivity index (χ0n) is 10.5. The summed E-state index contributed by atoms with van der Waals surface area (Å²) in [6, 6.07) is 0. The van der Waals surface area contributed by atoms with E-state index in [1.54, 1.807) is 21.6 Å². The lowest BCUT2D eigenvalue weighted by molar-refractivity contribution is -0.236. The van der Waals surface area contributed by atoms with Gasteiger partial charge in [-0.3, -0.25) is 5.32 Å². The van der Waals surface area contributed by atoms with E-state index in [2.05, 4.69) is 5.32 Å². The molecule has 7 nitrogen and oxygen atoms in total. The highest BCUT2D eigenvalue weighted by molar-refractivity contribution is 8.76. The van der Waals surface area contributed by atoms with Gasteiger partial charge in [0.1, 0.15) is 30.6 Å². The van der Waals surface area contributed by atoms with Gasteiger partial charge in [-0.25, -0.2) is 0 Å². The predicted molar refractivity (Wildman–Crippen MR) is 75.7 cm³/mol. The summed E-state index contributed by atoms with van der Waals surface area (Å²) in [6.45, 7) is 0.799. The summed E-state index contributed by atoms with van der Waals surface area (Å²) in [5.74, 6) is 1.67. The molecule has 0 aromatic heterocycles. The first-order chi connectivity index (χ1) is 9.11. The van der Waals surface area contributed by atoms with Crippen LogP contribution in [0.25, 0.3) is 0 Å². The van der Waals surface area contributed by atoms with Gasteiger partial charge in [-0.05, 0) is 0 Å². The predicted octanol–water partition coefficient (Wildman–Crippen LogP) is -2.28. The molecule has 5 atom stereocenters. The second-order valence-corrected chi connectivity index (χ2v) is 6.84. The normalized spacial score (nSPS) is 35.5. The van der Waals surface area contributed by atoms with Crippen molar-refractivity contribution >= 4 is 21.6 Å². The molecular formula is C10H22N2O5S2. The summed E-state index contributed by atoms with van der Waals surface area (Å²) < 4.78 is 5.30. The summed E-state index contributed by atoms with van der Waals surface area (Å²) in [5.41, 5.74) is 5.36. The Labute approximate surface area is 120 Å². The minimum absolute atomic E-state index is 0.412. The Bertz CT molecular complexity index is 250. The zero-order chi connectivity index (χ0) is 14.3. The van der Waals surface area contributed by atoms with E-state index < -0.39 is 37.3 Å². The fourth-order valence-electron chi connectivity index (χ4n) is 1.68. The topological polar surface area (TPSA) is 128 Å². The van der Waals surface area contributed by atoms with Gasteiger partial charge >= 0.3 is 0 Å². The van der Waals surface area contributed by atoms with E-state index in [0.717, 1.165) is 11.5 Å². The van der Waals surface area contributed by atoms with Crippen molar-refractivity contribution in [3.05, 3.63) is 0 Å². The van der Waals surface area contributed by atoms with Gasteiger partial charge in [0.2, 0.25) is 0 Å². The van der Waals surface area contributed by atoms with E-state index in [4.69, 9.17) is 15.6 Å². The summed E-state index contributed by atoms with van der Waals surface area (Å²) in [6.07, 6.45) is -5.53. The van der Waals surface area contributed by atoms with Crippen molar-refractivity contribution in [2.75, 3.05) is 31.2 Å². The second-order valence-electron chi connectivity index (χ2n) is 4.14. The van der Waals surface area contributed by atoms with E-state index in [1.165, 1.54) is 0 Å². The van der Waals surface area contributed by atoms with Gasteiger partial charge in [0.05, 0.1) is 6.61 Å². The third-order valence-electron chi connectivity index (χ3n) is 2.71. The van der Waals surface area contributed by atoms with Crippen LogP contribution >= 0.6 is 21.6 Å². The molecule has 0 aromatic rings. The maximum atomic E-state index is 9.75. The molecule has 0 amide bonds. The van der Waals surface area contributed by atoms with Gasteiger partial charge in [0, 0.05) is 24.6 Å². The van der Waals surface area contributed by atoms with Crippen molar-refractivity contribution in [3.8, 4) is 0 Å². The number of nitrogens with two attached hydrogens (primary N) is 1. The van der Waals surface area contributed by atoms with Crippen molar-refractivity contribution in [1.29, 1.82) is 0 Å². The standard InChI is InChI=1S/C10H22N2O5S2/c11-1-3-18-19-4-2-12-10-9(16)8(15)7(14)6(5-13)17-10/h6-10,12-16H,1-5,11H2/t6-,7-,8+,9-,10?/m1/s1. The van der Waals surface area contributed by atoms with E-state index in [9.17, 15) is 15.3 Å². The molecule has 1 heterocycles. The van der Waals surface area contributed by atoms with Gasteiger partial charge in [-0.2, -0.15) is 0 Å². The molecule has 114 valence electrons. The van der Waals surface area contributed by atoms with E-state index in [-0.39, 0.29) is 0 Å². The van der Waals surface area contributed by atoms with Crippen molar-refractivity contribution in [3.63, 3.8) is 0 Å². The Hall–Kier alpha value is 0.420. The lowest BCUT2D eigenvalue weighted by Crippen LogP contribution is -2.62. The Balaban J connectivity index is 2.28. The van der Waals surface area contributed by atoms with Crippen LogP contribution in [0.15, 0.2) is 0 Å². The van der Waals surface area contributed by atoms with Crippen LogP contribution in [-0.4, -0.2) is 82.3 Å². The number of aliphatic hydroxyl groups is 4. The first-order valence-electron chi connectivity index (χ1n) is 6.10.